The van der Waals surface area contributed by atoms with Crippen molar-refractivity contribution in [1.82, 2.24) is 5.43 Å². The number of hydrazone groups is 1. The summed E-state index contributed by atoms with van der Waals surface area (Å²) < 4.78 is 0. The van der Waals surface area contributed by atoms with Crippen LogP contribution in [0.3, 0.4) is 0 Å². The molecule has 66 valence electrons. The maximum Gasteiger partial charge on any atom is 0.184 e. The van der Waals surface area contributed by atoms with E-state index in [4.69, 9.17) is 5.73 Å². The van der Waals surface area contributed by atoms with Gasteiger partial charge >= 0.3 is 0 Å². The number of hydrogen-bond donors (Lipinski definition) is 2. The van der Waals surface area contributed by atoms with Crippen molar-refractivity contribution in [3.8, 4) is 0 Å². The van der Waals surface area contributed by atoms with Crippen LogP contribution in [0.1, 0.15) is 25.7 Å². The first-order valence-electron chi connectivity index (χ1n) is 3.81. The van der Waals surface area contributed by atoms with E-state index in [1.807, 2.05) is 0 Å². The Morgan fingerprint density at radius 1 is 1.58 bits per heavy atom. The number of carbonyl (C=O) groups excluding carboxylic acids is 1. The van der Waals surface area contributed by atoms with E-state index < -0.39 is 0 Å². The third-order valence-electron chi connectivity index (χ3n) is 1.65. The molecule has 1 saturated carbocycles. The quantitative estimate of drug-likeness (QED) is 0.456. The first kappa shape index (κ1) is 9.12. The zero-order chi connectivity index (χ0) is 8.97. The van der Waals surface area contributed by atoms with Crippen molar-refractivity contribution in [3.63, 3.8) is 0 Å². The Kier molecular flexibility index (Phi) is 3.16. The SMILES string of the molecule is NC(=S)N/N=C1/CCCC(=O)C1. The molecule has 0 unspecified atom stereocenters. The molecule has 0 saturated heterocycles. The molecule has 5 heteroatoms. The number of nitrogens with zero attached hydrogens (tertiary/aromatic N) is 1. The third kappa shape index (κ3) is 2.96. The van der Waals surface area contributed by atoms with Gasteiger partial charge in [0, 0.05) is 18.6 Å². The van der Waals surface area contributed by atoms with Gasteiger partial charge < -0.3 is 5.73 Å². The van der Waals surface area contributed by atoms with Crippen LogP contribution in [0.2, 0.25) is 0 Å². The molecular formula is C7H11N3OS. The molecule has 0 aromatic carbocycles. The highest BCUT2D eigenvalue weighted by molar-refractivity contribution is 7.80. The van der Waals surface area contributed by atoms with E-state index in [0.29, 0.717) is 12.8 Å². The van der Waals surface area contributed by atoms with Gasteiger partial charge in [0.25, 0.3) is 0 Å². The Labute approximate surface area is 76.2 Å². The van der Waals surface area contributed by atoms with E-state index in [1.165, 1.54) is 0 Å². The maximum atomic E-state index is 10.9. The third-order valence-corrected chi connectivity index (χ3v) is 1.74. The zero-order valence-corrected chi connectivity index (χ0v) is 7.49. The molecule has 1 aliphatic rings. The predicted octanol–water partition coefficient (Wildman–Crippen LogP) is 0.319. The first-order chi connectivity index (χ1) is 5.68. The molecule has 0 aromatic heterocycles. The van der Waals surface area contributed by atoms with Crippen LogP contribution in [-0.2, 0) is 4.79 Å². The Morgan fingerprint density at radius 2 is 2.33 bits per heavy atom. The molecule has 0 heterocycles. The molecule has 0 spiro atoms. The second-order valence-corrected chi connectivity index (χ2v) is 3.16. The van der Waals surface area contributed by atoms with Crippen molar-refractivity contribution in [2.24, 2.45) is 10.8 Å². The second-order valence-electron chi connectivity index (χ2n) is 2.72. The summed E-state index contributed by atoms with van der Waals surface area (Å²) in [5, 5.41) is 4.05. The highest BCUT2D eigenvalue weighted by Crippen LogP contribution is 2.10. The van der Waals surface area contributed by atoms with Gasteiger partial charge in [0.1, 0.15) is 5.78 Å². The van der Waals surface area contributed by atoms with Crippen molar-refractivity contribution in [2.45, 2.75) is 25.7 Å². The van der Waals surface area contributed by atoms with Gasteiger partial charge in [0.15, 0.2) is 5.11 Å². The van der Waals surface area contributed by atoms with Crippen molar-refractivity contribution >= 4 is 28.8 Å². The molecule has 3 N–H and O–H groups in total. The number of rotatable bonds is 1. The van der Waals surface area contributed by atoms with Crippen LogP contribution >= 0.6 is 12.2 Å². The fraction of sp³-hybridized carbons (Fsp3) is 0.571. The molecule has 12 heavy (non-hydrogen) atoms. The highest BCUT2D eigenvalue weighted by atomic mass is 32.1. The Hall–Kier alpha value is -0.970. The normalized spacial score (nSPS) is 21.0. The standard InChI is InChI=1S/C7H11N3OS/c8-7(12)10-9-5-2-1-3-6(11)4-5/h1-4H2,(H3,8,10,12)/b9-5-. The topological polar surface area (TPSA) is 67.5 Å². The number of thiocarbonyl (C=S) groups is 1. The van der Waals surface area contributed by atoms with Gasteiger partial charge in [-0.05, 0) is 25.1 Å². The fourth-order valence-electron chi connectivity index (χ4n) is 1.12. The van der Waals surface area contributed by atoms with Crippen molar-refractivity contribution in [3.05, 3.63) is 0 Å². The van der Waals surface area contributed by atoms with Crippen LogP contribution in [0, 0.1) is 0 Å². The lowest BCUT2D eigenvalue weighted by molar-refractivity contribution is -0.118. The van der Waals surface area contributed by atoms with E-state index in [0.717, 1.165) is 18.6 Å². The largest absolute Gasteiger partial charge is 0.375 e. The van der Waals surface area contributed by atoms with Gasteiger partial charge in [-0.1, -0.05) is 0 Å². The Morgan fingerprint density at radius 3 is 2.92 bits per heavy atom. The summed E-state index contributed by atoms with van der Waals surface area (Å²) in [6.45, 7) is 0. The lowest BCUT2D eigenvalue weighted by Crippen LogP contribution is -2.27. The van der Waals surface area contributed by atoms with Crippen molar-refractivity contribution in [2.75, 3.05) is 0 Å². The number of nitrogens with one attached hydrogen (secondary N) is 1. The number of nitrogens with two attached hydrogens (primary N) is 1. The lowest BCUT2D eigenvalue weighted by Gasteiger charge is -2.10. The van der Waals surface area contributed by atoms with Gasteiger partial charge in [-0.2, -0.15) is 5.10 Å². The minimum Gasteiger partial charge on any atom is -0.375 e. The molecule has 0 aliphatic heterocycles. The summed E-state index contributed by atoms with van der Waals surface area (Å²) in [6, 6.07) is 0. The second kappa shape index (κ2) is 4.15. The molecule has 0 radical (unpaired) electrons. The summed E-state index contributed by atoms with van der Waals surface area (Å²) in [6.07, 6.45) is 2.86. The maximum absolute atomic E-state index is 10.9. The molecular weight excluding hydrogens is 174 g/mol. The molecule has 0 bridgehead atoms. The monoisotopic (exact) mass is 185 g/mol. The summed E-state index contributed by atoms with van der Waals surface area (Å²) in [7, 11) is 0. The number of ketones is 1. The van der Waals surface area contributed by atoms with E-state index >= 15 is 0 Å². The fourth-order valence-corrected chi connectivity index (χ4v) is 1.17. The first-order valence-corrected chi connectivity index (χ1v) is 4.22. The summed E-state index contributed by atoms with van der Waals surface area (Å²) in [5.74, 6) is 0.240. The van der Waals surface area contributed by atoms with Crippen LogP contribution in [0.25, 0.3) is 0 Å². The van der Waals surface area contributed by atoms with Gasteiger partial charge in [0.05, 0.1) is 0 Å². The molecule has 0 amide bonds. The minimum absolute atomic E-state index is 0.139. The smallest absolute Gasteiger partial charge is 0.184 e. The van der Waals surface area contributed by atoms with Crippen LogP contribution in [0.5, 0.6) is 0 Å². The Bertz CT molecular complexity index is 237. The van der Waals surface area contributed by atoms with E-state index in [-0.39, 0.29) is 10.9 Å². The van der Waals surface area contributed by atoms with Crippen LogP contribution in [0.15, 0.2) is 5.10 Å². The molecule has 1 aliphatic carbocycles. The number of hydrogen-bond acceptors (Lipinski definition) is 3. The van der Waals surface area contributed by atoms with Crippen molar-refractivity contribution in [1.29, 1.82) is 0 Å². The highest BCUT2D eigenvalue weighted by Gasteiger charge is 2.13. The molecule has 4 nitrogen and oxygen atoms in total. The average Bonchev–Trinajstić information content (AvgIpc) is 2.01. The molecule has 0 aromatic rings. The minimum atomic E-state index is 0.139. The van der Waals surface area contributed by atoms with Crippen molar-refractivity contribution < 1.29 is 4.79 Å². The van der Waals surface area contributed by atoms with Crippen LogP contribution in [-0.4, -0.2) is 16.6 Å². The predicted molar refractivity (Wildman–Crippen MR) is 50.8 cm³/mol. The van der Waals surface area contributed by atoms with Crippen LogP contribution in [0.4, 0.5) is 0 Å². The van der Waals surface area contributed by atoms with Gasteiger partial charge in [-0.15, -0.1) is 0 Å². The lowest BCUT2D eigenvalue weighted by atomic mass is 9.97. The van der Waals surface area contributed by atoms with Crippen LogP contribution < -0.4 is 11.2 Å². The summed E-state index contributed by atoms with van der Waals surface area (Å²) in [4.78, 5) is 10.9. The summed E-state index contributed by atoms with van der Waals surface area (Å²) in [5.41, 5.74) is 8.50. The molecule has 0 atom stereocenters. The van der Waals surface area contributed by atoms with E-state index in [2.05, 4.69) is 22.7 Å². The van der Waals surface area contributed by atoms with E-state index in [9.17, 15) is 4.79 Å². The average molecular weight is 185 g/mol. The van der Waals surface area contributed by atoms with Gasteiger partial charge in [-0.3, -0.25) is 10.2 Å². The number of carbonyl (C=O) groups is 1. The molecule has 1 fully saturated rings. The van der Waals surface area contributed by atoms with Gasteiger partial charge in [-0.25, -0.2) is 0 Å². The number of Topliss-reactive ketones (excluding diaryl/α,β-unsaturated/α-hetero) is 1. The zero-order valence-electron chi connectivity index (χ0n) is 6.67. The van der Waals surface area contributed by atoms with E-state index in [1.54, 1.807) is 0 Å². The summed E-state index contributed by atoms with van der Waals surface area (Å²) >= 11 is 4.57. The Balaban J connectivity index is 2.45. The molecule has 1 rings (SSSR count). The van der Waals surface area contributed by atoms with Gasteiger partial charge in [0.2, 0.25) is 0 Å².